The van der Waals surface area contributed by atoms with E-state index >= 15 is 0 Å². The lowest BCUT2D eigenvalue weighted by molar-refractivity contribution is -0.141. The number of benzene rings is 1. The molecule has 3 rings (SSSR count). The summed E-state index contributed by atoms with van der Waals surface area (Å²) in [5, 5.41) is 12.6. The second-order valence-electron chi connectivity index (χ2n) is 6.43. The molecule has 0 saturated heterocycles. The molecular weight excluding hydrogens is 333 g/mol. The van der Waals surface area contributed by atoms with E-state index in [2.05, 4.69) is 22.4 Å². The third-order valence-corrected chi connectivity index (χ3v) is 5.24. The van der Waals surface area contributed by atoms with E-state index in [1.165, 1.54) is 23.3 Å². The summed E-state index contributed by atoms with van der Waals surface area (Å²) in [6, 6.07) is 12.0. The smallest absolute Gasteiger partial charge is 0.387 e. The molecular formula is C17H19F3N2OSi. The summed E-state index contributed by atoms with van der Waals surface area (Å²) in [5.41, 5.74) is 1.67. The first-order valence-electron chi connectivity index (χ1n) is 7.83. The van der Waals surface area contributed by atoms with Crippen molar-refractivity contribution < 1.29 is 18.3 Å². The number of nitrogens with one attached hydrogen (secondary N) is 1. The van der Waals surface area contributed by atoms with Gasteiger partial charge in [-0.15, -0.1) is 0 Å². The minimum Gasteiger partial charge on any atom is -0.387 e. The fourth-order valence-electron chi connectivity index (χ4n) is 3.03. The Kier molecular flexibility index (Phi) is 4.50. The van der Waals surface area contributed by atoms with E-state index < -0.39 is 17.1 Å². The summed E-state index contributed by atoms with van der Waals surface area (Å²) in [6.45, 7) is 0.201. The van der Waals surface area contributed by atoms with Gasteiger partial charge in [-0.25, -0.2) is 4.98 Å². The maximum absolute atomic E-state index is 12.8. The third kappa shape index (κ3) is 3.68. The molecule has 0 aliphatic heterocycles. The second kappa shape index (κ2) is 6.31. The van der Waals surface area contributed by atoms with Crippen LogP contribution in [0.25, 0.3) is 0 Å². The number of rotatable bonds is 4. The van der Waals surface area contributed by atoms with Gasteiger partial charge in [-0.3, -0.25) is 0 Å². The van der Waals surface area contributed by atoms with Crippen molar-refractivity contribution >= 4 is 10.2 Å². The van der Waals surface area contributed by atoms with Gasteiger partial charge in [0, 0.05) is 12.6 Å². The van der Waals surface area contributed by atoms with Crippen LogP contribution >= 0.6 is 0 Å². The highest BCUT2D eigenvalue weighted by atomic mass is 28.1. The molecule has 0 bridgehead atoms. The zero-order valence-corrected chi connectivity index (χ0v) is 15.3. The molecule has 1 heterocycles. The lowest BCUT2D eigenvalue weighted by Gasteiger charge is -2.26. The van der Waals surface area contributed by atoms with Crippen LogP contribution in [0.5, 0.6) is 0 Å². The Morgan fingerprint density at radius 3 is 2.21 bits per heavy atom. The second-order valence-corrected chi connectivity index (χ2v) is 8.09. The van der Waals surface area contributed by atoms with E-state index in [9.17, 15) is 18.3 Å². The largest absolute Gasteiger partial charge is 0.433 e. The number of aromatic nitrogens is 1. The molecule has 0 spiro atoms. The standard InChI is InChI=1S/C17H19F3N2OSi/c18-17(19,20)15-7-3-6-14(22-15)16(23,24)10-21-13-8-11-4-1-2-5-12(11)9-13/h1-7,13,21,23H,8-10H2,24H3. The molecule has 1 aliphatic carbocycles. The average molecular weight is 352 g/mol. The van der Waals surface area contributed by atoms with Gasteiger partial charge >= 0.3 is 6.18 Å². The van der Waals surface area contributed by atoms with Crippen LogP contribution < -0.4 is 5.32 Å². The summed E-state index contributed by atoms with van der Waals surface area (Å²) >= 11 is 0. The van der Waals surface area contributed by atoms with Crippen molar-refractivity contribution in [2.45, 2.75) is 30.3 Å². The van der Waals surface area contributed by atoms with E-state index in [4.69, 9.17) is 0 Å². The zero-order valence-electron chi connectivity index (χ0n) is 13.3. The van der Waals surface area contributed by atoms with Crippen LogP contribution in [0.1, 0.15) is 22.5 Å². The van der Waals surface area contributed by atoms with E-state index in [1.54, 1.807) is 0 Å². The SMILES string of the molecule is OC([SiH3])(CNC1Cc2ccccc2C1)c1cccc(C(F)(F)F)n1. The number of hydrogen-bond acceptors (Lipinski definition) is 3. The normalized spacial score (nSPS) is 17.7. The number of aliphatic hydroxyl groups is 1. The summed E-state index contributed by atoms with van der Waals surface area (Å²) < 4.78 is 38.4. The van der Waals surface area contributed by atoms with Gasteiger partial charge in [0.15, 0.2) is 0 Å². The van der Waals surface area contributed by atoms with E-state index in [0.717, 1.165) is 18.9 Å². The van der Waals surface area contributed by atoms with Crippen LogP contribution in [-0.2, 0) is 24.2 Å². The summed E-state index contributed by atoms with van der Waals surface area (Å²) in [6.07, 6.45) is -2.78. The van der Waals surface area contributed by atoms with E-state index in [-0.39, 0.29) is 28.5 Å². The molecule has 2 aromatic rings. The topological polar surface area (TPSA) is 45.1 Å². The lowest BCUT2D eigenvalue weighted by atomic mass is 10.1. The maximum atomic E-state index is 12.8. The molecule has 24 heavy (non-hydrogen) atoms. The van der Waals surface area contributed by atoms with Crippen molar-refractivity contribution in [1.82, 2.24) is 10.3 Å². The molecule has 0 fully saturated rings. The Morgan fingerprint density at radius 1 is 1.04 bits per heavy atom. The van der Waals surface area contributed by atoms with Gasteiger partial charge in [0.2, 0.25) is 0 Å². The maximum Gasteiger partial charge on any atom is 0.433 e. The van der Waals surface area contributed by atoms with Crippen molar-refractivity contribution in [3.63, 3.8) is 0 Å². The first kappa shape index (κ1) is 17.1. The molecule has 7 heteroatoms. The minimum atomic E-state index is -4.51. The first-order chi connectivity index (χ1) is 11.3. The summed E-state index contributed by atoms with van der Waals surface area (Å²) in [7, 11) is 0.277. The molecule has 1 aromatic carbocycles. The van der Waals surface area contributed by atoms with Gasteiger partial charge in [0.05, 0.1) is 21.2 Å². The molecule has 128 valence electrons. The van der Waals surface area contributed by atoms with Gasteiger partial charge < -0.3 is 10.4 Å². The van der Waals surface area contributed by atoms with Gasteiger partial charge in [-0.1, -0.05) is 30.3 Å². The highest BCUT2D eigenvalue weighted by Crippen LogP contribution is 2.29. The van der Waals surface area contributed by atoms with Crippen LogP contribution in [0.4, 0.5) is 13.2 Å². The number of nitrogens with zero attached hydrogens (tertiary/aromatic N) is 1. The van der Waals surface area contributed by atoms with Crippen LogP contribution in [-0.4, -0.2) is 32.9 Å². The Hall–Kier alpha value is -1.70. The Bertz CT molecular complexity index is 709. The molecule has 3 nitrogen and oxygen atoms in total. The van der Waals surface area contributed by atoms with Crippen molar-refractivity contribution in [2.24, 2.45) is 0 Å². The van der Waals surface area contributed by atoms with Crippen molar-refractivity contribution in [3.05, 3.63) is 65.0 Å². The predicted molar refractivity (Wildman–Crippen MR) is 88.7 cm³/mol. The van der Waals surface area contributed by atoms with Crippen LogP contribution in [0, 0.1) is 0 Å². The Morgan fingerprint density at radius 2 is 1.62 bits per heavy atom. The van der Waals surface area contributed by atoms with Gasteiger partial charge in [0.25, 0.3) is 0 Å². The number of alkyl halides is 3. The fraction of sp³-hybridized carbons (Fsp3) is 0.353. The quantitative estimate of drug-likeness (QED) is 0.817. The van der Waals surface area contributed by atoms with Crippen LogP contribution in [0.2, 0.25) is 0 Å². The monoisotopic (exact) mass is 352 g/mol. The molecule has 0 radical (unpaired) electrons. The minimum absolute atomic E-state index is 0.0759. The van der Waals surface area contributed by atoms with Gasteiger partial charge in [0.1, 0.15) is 5.69 Å². The Balaban J connectivity index is 1.67. The molecule has 1 aliphatic rings. The lowest BCUT2D eigenvalue weighted by Crippen LogP contribution is -2.44. The molecule has 2 N–H and O–H groups in total. The molecule has 0 amide bonds. The number of halogens is 3. The average Bonchev–Trinajstić information content (AvgIpc) is 2.95. The number of pyridine rings is 1. The van der Waals surface area contributed by atoms with Crippen molar-refractivity contribution in [1.29, 1.82) is 0 Å². The number of fused-ring (bicyclic) bond motifs is 1. The summed E-state index contributed by atoms with van der Waals surface area (Å²) in [5.74, 6) is 0. The number of hydrogen-bond donors (Lipinski definition) is 2. The Labute approximate surface area is 141 Å². The van der Waals surface area contributed by atoms with Crippen LogP contribution in [0.15, 0.2) is 42.5 Å². The molecule has 0 saturated carbocycles. The zero-order chi connectivity index (χ0) is 17.4. The highest BCUT2D eigenvalue weighted by molar-refractivity contribution is 6.14. The fourth-order valence-corrected chi connectivity index (χ4v) is 3.51. The first-order valence-corrected chi connectivity index (χ1v) is 8.83. The van der Waals surface area contributed by atoms with Gasteiger partial charge in [-0.05, 0) is 36.1 Å². The van der Waals surface area contributed by atoms with E-state index in [0.29, 0.717) is 0 Å². The van der Waals surface area contributed by atoms with Crippen molar-refractivity contribution in [3.8, 4) is 0 Å². The highest BCUT2D eigenvalue weighted by Gasteiger charge is 2.35. The van der Waals surface area contributed by atoms with E-state index in [1.807, 2.05) is 12.1 Å². The van der Waals surface area contributed by atoms with Crippen LogP contribution in [0.3, 0.4) is 0 Å². The predicted octanol–water partition coefficient (Wildman–Crippen LogP) is 1.37. The van der Waals surface area contributed by atoms with Crippen molar-refractivity contribution in [2.75, 3.05) is 6.54 Å². The third-order valence-electron chi connectivity index (χ3n) is 4.38. The summed E-state index contributed by atoms with van der Waals surface area (Å²) in [4.78, 5) is 3.62. The molecule has 1 unspecified atom stereocenters. The van der Waals surface area contributed by atoms with Gasteiger partial charge in [-0.2, -0.15) is 13.2 Å². The molecule has 1 atom stereocenters. The molecule has 1 aromatic heterocycles.